The summed E-state index contributed by atoms with van der Waals surface area (Å²) in [5.74, 6) is 1.99. The minimum Gasteiger partial charge on any atom is -0.444 e. The molecule has 0 atom stereocenters. The molecule has 0 unspecified atom stereocenters. The molecule has 0 radical (unpaired) electrons. The summed E-state index contributed by atoms with van der Waals surface area (Å²) in [6.45, 7) is 19.8. The second kappa shape index (κ2) is 16.6. The fourth-order valence-electron chi connectivity index (χ4n) is 7.23. The lowest BCUT2D eigenvalue weighted by Gasteiger charge is -2.36. The first-order chi connectivity index (χ1) is 25.6. The first-order valence-corrected chi connectivity index (χ1v) is 19.3. The van der Waals surface area contributed by atoms with E-state index < -0.39 is 5.60 Å². The molecule has 2 fully saturated rings. The first-order valence-electron chi connectivity index (χ1n) is 18.5. The predicted octanol–water partition coefficient (Wildman–Crippen LogP) is 4.36. The lowest BCUT2D eigenvalue weighted by atomic mass is 10.1. The number of rotatable bonds is 6. The Bertz CT molecular complexity index is 1840. The van der Waals surface area contributed by atoms with Crippen molar-refractivity contribution < 1.29 is 9.53 Å². The molecule has 2 aromatic heterocycles. The summed E-state index contributed by atoms with van der Waals surface area (Å²) in [4.78, 5) is 32.4. The van der Waals surface area contributed by atoms with E-state index in [1.54, 1.807) is 17.6 Å². The fourth-order valence-corrected chi connectivity index (χ4v) is 7.57. The summed E-state index contributed by atoms with van der Waals surface area (Å²) in [5.41, 5.74) is 4.48. The molecule has 4 aliphatic heterocycles. The van der Waals surface area contributed by atoms with Gasteiger partial charge in [-0.15, -0.1) is 0 Å². The molecule has 8 rings (SSSR count). The average Bonchev–Trinajstić information content (AvgIpc) is 3.83. The molecule has 0 aliphatic carbocycles. The maximum atomic E-state index is 12.3. The van der Waals surface area contributed by atoms with Gasteiger partial charge in [-0.25, -0.2) is 24.1 Å². The van der Waals surface area contributed by atoms with Gasteiger partial charge in [0.15, 0.2) is 0 Å². The van der Waals surface area contributed by atoms with E-state index in [2.05, 4.69) is 63.3 Å². The second-order valence-corrected chi connectivity index (χ2v) is 15.8. The van der Waals surface area contributed by atoms with Gasteiger partial charge >= 0.3 is 6.09 Å². The summed E-state index contributed by atoms with van der Waals surface area (Å²) >= 11 is 12.6. The summed E-state index contributed by atoms with van der Waals surface area (Å²) < 4.78 is 9.44. The van der Waals surface area contributed by atoms with Crippen LogP contribution in [0, 0.1) is 0 Å². The molecule has 16 heteroatoms. The average molecular weight is 766 g/mol. The Kier molecular flexibility index (Phi) is 11.7. The van der Waals surface area contributed by atoms with Gasteiger partial charge in [-0.3, -0.25) is 9.80 Å². The third-order valence-electron chi connectivity index (χ3n) is 10.0. The van der Waals surface area contributed by atoms with Gasteiger partial charge in [0.25, 0.3) is 0 Å². The van der Waals surface area contributed by atoms with Gasteiger partial charge in [-0.2, -0.15) is 10.2 Å². The summed E-state index contributed by atoms with van der Waals surface area (Å²) in [6, 6.07) is 12.3. The number of anilines is 2. The number of fused-ring (bicyclic) bond motifs is 2. The molecule has 0 saturated carbocycles. The molecular weight excluding hydrogens is 715 g/mol. The van der Waals surface area contributed by atoms with Gasteiger partial charge in [-0.1, -0.05) is 35.3 Å². The van der Waals surface area contributed by atoms with Crippen molar-refractivity contribution in [2.45, 2.75) is 65.6 Å². The SMILES string of the molecule is CC(C)(C)OC(=O)N1CCN(Cc2ccc(Cl)cc2N2CCn3ncnc3C2)CC1.Clc1ccc(CN2CCNCC2)c(N2CCn3ncnc3C2)c1. The van der Waals surface area contributed by atoms with Crippen LogP contribution in [0.1, 0.15) is 43.5 Å². The van der Waals surface area contributed by atoms with Gasteiger partial charge in [0, 0.05) is 100.0 Å². The summed E-state index contributed by atoms with van der Waals surface area (Å²) in [7, 11) is 0. The summed E-state index contributed by atoms with van der Waals surface area (Å²) in [6.07, 6.45) is 3.02. The molecule has 0 spiro atoms. The zero-order valence-corrected chi connectivity index (χ0v) is 32.4. The number of piperazine rings is 2. The number of hydrogen-bond donors (Lipinski definition) is 1. The van der Waals surface area contributed by atoms with Crippen molar-refractivity contribution in [3.63, 3.8) is 0 Å². The Morgan fingerprint density at radius 2 is 1.19 bits per heavy atom. The number of amides is 1. The standard InChI is InChI=1S/C21H29ClN6O2.C16H21ClN6/c1-21(2,3)30-20(29)26-8-6-25(7-9-26)13-16-4-5-17(22)12-18(16)27-10-11-28-19(14-27)23-15-24-28;17-14-2-1-13(10-21-5-3-18-4-6-21)15(9-14)22-7-8-23-16(11-22)19-12-20-23/h4-5,12,15H,6-11,13-14H2,1-3H3;1-2,9,12,18H,3-8,10-11H2. The molecular formula is C37H50Cl2N12O2. The molecule has 1 N–H and O–H groups in total. The van der Waals surface area contributed by atoms with E-state index >= 15 is 0 Å². The highest BCUT2D eigenvalue weighted by Gasteiger charge is 2.27. The van der Waals surface area contributed by atoms with Crippen LogP contribution in [-0.2, 0) is 44.0 Å². The van der Waals surface area contributed by atoms with Crippen LogP contribution in [0.5, 0.6) is 0 Å². The number of ether oxygens (including phenoxy) is 1. The van der Waals surface area contributed by atoms with Crippen molar-refractivity contribution in [3.8, 4) is 0 Å². The van der Waals surface area contributed by atoms with Gasteiger partial charge in [0.05, 0.1) is 26.2 Å². The number of carbonyl (C=O) groups is 1. The number of carbonyl (C=O) groups excluding carboxylic acids is 1. The topological polar surface area (TPSA) is 116 Å². The Morgan fingerprint density at radius 3 is 1.68 bits per heavy atom. The fraction of sp³-hybridized carbons (Fsp3) is 0.541. The lowest BCUT2D eigenvalue weighted by Crippen LogP contribution is -2.49. The minimum atomic E-state index is -0.467. The normalized spacial score (nSPS) is 18.2. The van der Waals surface area contributed by atoms with Crippen LogP contribution in [0.15, 0.2) is 49.1 Å². The number of benzene rings is 2. The number of hydrogen-bond acceptors (Lipinski definition) is 11. The maximum absolute atomic E-state index is 12.3. The van der Waals surface area contributed by atoms with Gasteiger partial charge < -0.3 is 24.8 Å². The molecule has 2 saturated heterocycles. The molecule has 2 aromatic carbocycles. The van der Waals surface area contributed by atoms with Gasteiger partial charge in [-0.05, 0) is 56.2 Å². The Labute approximate surface area is 321 Å². The highest BCUT2D eigenvalue weighted by molar-refractivity contribution is 6.31. The molecule has 284 valence electrons. The van der Waals surface area contributed by atoms with Crippen LogP contribution in [0.3, 0.4) is 0 Å². The number of halogens is 2. The van der Waals surface area contributed by atoms with Crippen molar-refractivity contribution >= 4 is 40.7 Å². The molecule has 0 bridgehead atoms. The van der Waals surface area contributed by atoms with Gasteiger partial charge in [0.2, 0.25) is 0 Å². The van der Waals surface area contributed by atoms with E-state index in [-0.39, 0.29) is 6.09 Å². The quantitative estimate of drug-likeness (QED) is 0.302. The van der Waals surface area contributed by atoms with Gasteiger partial charge in [0.1, 0.15) is 29.9 Å². The Hall–Kier alpha value is -3.95. The van der Waals surface area contributed by atoms with Crippen LogP contribution in [0.4, 0.5) is 16.2 Å². The van der Waals surface area contributed by atoms with E-state index in [9.17, 15) is 4.79 Å². The second-order valence-electron chi connectivity index (χ2n) is 15.0. The van der Waals surface area contributed by atoms with Crippen molar-refractivity contribution in [3.05, 3.63) is 81.9 Å². The third-order valence-corrected chi connectivity index (χ3v) is 10.5. The van der Waals surface area contributed by atoms with Crippen LogP contribution in [0.2, 0.25) is 10.0 Å². The first kappa shape index (κ1) is 37.4. The number of nitrogens with zero attached hydrogens (tertiary/aromatic N) is 11. The molecule has 4 aromatic rings. The van der Waals surface area contributed by atoms with Crippen LogP contribution < -0.4 is 15.1 Å². The van der Waals surface area contributed by atoms with Crippen LogP contribution >= 0.6 is 23.2 Å². The van der Waals surface area contributed by atoms with Crippen molar-refractivity contribution in [1.29, 1.82) is 0 Å². The van der Waals surface area contributed by atoms with Crippen molar-refractivity contribution in [2.75, 3.05) is 75.2 Å². The molecule has 6 heterocycles. The van der Waals surface area contributed by atoms with Crippen LogP contribution in [0.25, 0.3) is 0 Å². The summed E-state index contributed by atoms with van der Waals surface area (Å²) in [5, 5.41) is 13.4. The maximum Gasteiger partial charge on any atom is 0.410 e. The Balaban J connectivity index is 0.000000170. The van der Waals surface area contributed by atoms with Crippen LogP contribution in [-0.4, -0.2) is 121 Å². The van der Waals surface area contributed by atoms with E-state index in [4.69, 9.17) is 27.9 Å². The predicted molar refractivity (Wildman–Crippen MR) is 206 cm³/mol. The largest absolute Gasteiger partial charge is 0.444 e. The molecule has 4 aliphatic rings. The van der Waals surface area contributed by atoms with Crippen molar-refractivity contribution in [2.24, 2.45) is 0 Å². The smallest absolute Gasteiger partial charge is 0.410 e. The molecule has 53 heavy (non-hydrogen) atoms. The van der Waals surface area contributed by atoms with E-state index in [1.165, 1.54) is 16.8 Å². The molecule has 14 nitrogen and oxygen atoms in total. The highest BCUT2D eigenvalue weighted by Crippen LogP contribution is 2.30. The highest BCUT2D eigenvalue weighted by atomic mass is 35.5. The monoisotopic (exact) mass is 764 g/mol. The van der Waals surface area contributed by atoms with E-state index in [1.807, 2.05) is 48.3 Å². The number of aromatic nitrogens is 6. The molecule has 1 amide bonds. The number of nitrogens with one attached hydrogen (secondary N) is 1. The third kappa shape index (κ3) is 9.60. The zero-order chi connectivity index (χ0) is 37.0. The van der Waals surface area contributed by atoms with E-state index in [0.717, 1.165) is 119 Å². The Morgan fingerprint density at radius 1 is 0.698 bits per heavy atom. The minimum absolute atomic E-state index is 0.230. The van der Waals surface area contributed by atoms with E-state index in [0.29, 0.717) is 13.1 Å². The van der Waals surface area contributed by atoms with Crippen molar-refractivity contribution in [1.82, 2.24) is 49.5 Å². The lowest BCUT2D eigenvalue weighted by molar-refractivity contribution is 0.0139. The zero-order valence-electron chi connectivity index (χ0n) is 30.9.